The van der Waals surface area contributed by atoms with Crippen molar-refractivity contribution in [3.05, 3.63) is 52.9 Å². The monoisotopic (exact) mass is 356 g/mol. The first-order valence-electron chi connectivity index (χ1n) is 9.05. The Morgan fingerprint density at radius 3 is 2.65 bits per heavy atom. The van der Waals surface area contributed by atoms with Gasteiger partial charge in [0.05, 0.1) is 5.69 Å². The van der Waals surface area contributed by atoms with Crippen LogP contribution in [0, 0.1) is 5.82 Å². The van der Waals surface area contributed by atoms with Crippen LogP contribution in [-0.2, 0) is 19.5 Å². The fraction of sp³-hybridized carbons (Fsp3) is 0.421. The molecule has 136 valence electrons. The number of nitrogens with zero attached hydrogens (tertiary/aromatic N) is 2. The molecule has 2 heterocycles. The van der Waals surface area contributed by atoms with Crippen LogP contribution in [0.5, 0.6) is 0 Å². The van der Waals surface area contributed by atoms with E-state index in [2.05, 4.69) is 15.6 Å². The Morgan fingerprint density at radius 1 is 1.15 bits per heavy atom. The summed E-state index contributed by atoms with van der Waals surface area (Å²) in [6.07, 6.45) is 4.72. The average molecular weight is 356 g/mol. The van der Waals surface area contributed by atoms with Crippen molar-refractivity contribution in [3.8, 4) is 0 Å². The number of nitrogens with one attached hydrogen (secondary N) is 2. The molecule has 1 aromatic carbocycles. The predicted octanol–water partition coefficient (Wildman–Crippen LogP) is 2.18. The van der Waals surface area contributed by atoms with Gasteiger partial charge in [0.15, 0.2) is 5.82 Å². The second kappa shape index (κ2) is 6.90. The molecule has 1 saturated carbocycles. The summed E-state index contributed by atoms with van der Waals surface area (Å²) in [4.78, 5) is 29.5. The fourth-order valence-corrected chi connectivity index (χ4v) is 3.24. The van der Waals surface area contributed by atoms with Crippen molar-refractivity contribution in [1.29, 1.82) is 0 Å². The highest BCUT2D eigenvalue weighted by atomic mass is 19.1. The van der Waals surface area contributed by atoms with Crippen molar-refractivity contribution >= 4 is 11.8 Å². The van der Waals surface area contributed by atoms with E-state index < -0.39 is 0 Å². The molecule has 0 unspecified atom stereocenters. The molecule has 0 saturated heterocycles. The van der Waals surface area contributed by atoms with Gasteiger partial charge in [-0.3, -0.25) is 9.59 Å². The molecule has 7 heteroatoms. The van der Waals surface area contributed by atoms with Gasteiger partial charge in [-0.25, -0.2) is 9.37 Å². The maximum Gasteiger partial charge on any atom is 0.287 e. The number of hydrogen-bond acceptors (Lipinski definition) is 3. The van der Waals surface area contributed by atoms with Gasteiger partial charge < -0.3 is 15.2 Å². The summed E-state index contributed by atoms with van der Waals surface area (Å²) in [5, 5.41) is 5.77. The van der Waals surface area contributed by atoms with E-state index >= 15 is 0 Å². The normalized spacial score (nSPS) is 16.0. The van der Waals surface area contributed by atoms with E-state index in [4.69, 9.17) is 0 Å². The molecule has 2 aliphatic rings. The molecule has 4 rings (SSSR count). The lowest BCUT2D eigenvalue weighted by atomic mass is 10.1. The lowest BCUT2D eigenvalue weighted by Crippen LogP contribution is -2.27. The number of rotatable bonds is 5. The second-order valence-electron chi connectivity index (χ2n) is 6.90. The first-order valence-corrected chi connectivity index (χ1v) is 9.05. The lowest BCUT2D eigenvalue weighted by Gasteiger charge is -2.17. The Balaban J connectivity index is 1.52. The predicted molar refractivity (Wildman–Crippen MR) is 93.2 cm³/mol. The van der Waals surface area contributed by atoms with E-state index in [0.717, 1.165) is 43.4 Å². The van der Waals surface area contributed by atoms with Crippen LogP contribution in [0.15, 0.2) is 24.3 Å². The number of benzene rings is 1. The Kier molecular flexibility index (Phi) is 4.44. The topological polar surface area (TPSA) is 76.0 Å². The Hall–Kier alpha value is -2.70. The number of hydrogen-bond donors (Lipinski definition) is 2. The number of halogens is 1. The molecule has 0 atom stereocenters. The molecule has 2 amide bonds. The number of aromatic nitrogens is 2. The minimum atomic E-state index is -0.317. The first kappa shape index (κ1) is 16.8. The van der Waals surface area contributed by atoms with Crippen LogP contribution in [0.4, 0.5) is 4.39 Å². The number of carbonyl (C=O) groups is 2. The second-order valence-corrected chi connectivity index (χ2v) is 6.90. The summed E-state index contributed by atoms with van der Waals surface area (Å²) in [5.41, 5.74) is 2.03. The van der Waals surface area contributed by atoms with E-state index in [-0.39, 0.29) is 36.0 Å². The third-order valence-corrected chi connectivity index (χ3v) is 4.81. The third-order valence-electron chi connectivity index (χ3n) is 4.81. The summed E-state index contributed by atoms with van der Waals surface area (Å²) in [6.45, 7) is 0.975. The van der Waals surface area contributed by atoms with Crippen LogP contribution in [0.25, 0.3) is 0 Å². The van der Waals surface area contributed by atoms with Crippen LogP contribution in [-0.4, -0.2) is 27.4 Å². The highest BCUT2D eigenvalue weighted by molar-refractivity contribution is 5.97. The molecule has 26 heavy (non-hydrogen) atoms. The average Bonchev–Trinajstić information content (AvgIpc) is 3.38. The third kappa shape index (κ3) is 3.47. The van der Waals surface area contributed by atoms with Crippen molar-refractivity contribution in [2.75, 3.05) is 0 Å². The first-order chi connectivity index (χ1) is 12.6. The van der Waals surface area contributed by atoms with Gasteiger partial charge >= 0.3 is 0 Å². The molecular weight excluding hydrogens is 335 g/mol. The zero-order valence-electron chi connectivity index (χ0n) is 14.4. The molecule has 1 aromatic heterocycles. The van der Waals surface area contributed by atoms with Gasteiger partial charge in [0, 0.05) is 19.1 Å². The van der Waals surface area contributed by atoms with Crippen LogP contribution >= 0.6 is 0 Å². The Labute approximate surface area is 150 Å². The van der Waals surface area contributed by atoms with Crippen LogP contribution in [0.2, 0.25) is 0 Å². The summed E-state index contributed by atoms with van der Waals surface area (Å²) >= 11 is 0. The fourth-order valence-electron chi connectivity index (χ4n) is 3.24. The van der Waals surface area contributed by atoms with Gasteiger partial charge in [-0.1, -0.05) is 12.1 Å². The smallest absolute Gasteiger partial charge is 0.287 e. The van der Waals surface area contributed by atoms with Crippen LogP contribution < -0.4 is 10.6 Å². The quantitative estimate of drug-likeness (QED) is 0.862. The van der Waals surface area contributed by atoms with Gasteiger partial charge in [-0.2, -0.15) is 0 Å². The molecule has 0 bridgehead atoms. The standard InChI is InChI=1S/C19H21FN4O2/c20-13-6-4-12(5-7-13)11-21-19(26)17-23-16(18(25)22-14-8-9-14)15-3-1-2-10-24(15)17/h4-7,14H,1-3,8-11H2,(H,21,26)(H,22,25). The molecule has 0 radical (unpaired) electrons. The van der Waals surface area contributed by atoms with Crippen molar-refractivity contribution in [3.63, 3.8) is 0 Å². The maximum atomic E-state index is 13.0. The molecule has 6 nitrogen and oxygen atoms in total. The Bertz CT molecular complexity index is 840. The lowest BCUT2D eigenvalue weighted by molar-refractivity contribution is 0.0935. The van der Waals surface area contributed by atoms with E-state index in [1.54, 1.807) is 12.1 Å². The van der Waals surface area contributed by atoms with Crippen molar-refractivity contribution in [2.24, 2.45) is 0 Å². The van der Waals surface area contributed by atoms with E-state index in [0.29, 0.717) is 12.2 Å². The van der Waals surface area contributed by atoms with E-state index in [9.17, 15) is 14.0 Å². The SMILES string of the molecule is O=C(NC1CC1)c1nc(C(=O)NCc2ccc(F)cc2)n2c1CCCC2. The highest BCUT2D eigenvalue weighted by Crippen LogP contribution is 2.23. The number of amides is 2. The van der Waals surface area contributed by atoms with Crippen molar-refractivity contribution < 1.29 is 14.0 Å². The minimum absolute atomic E-state index is 0.185. The van der Waals surface area contributed by atoms with Gasteiger partial charge in [-0.15, -0.1) is 0 Å². The molecule has 2 aromatic rings. The van der Waals surface area contributed by atoms with Crippen LogP contribution in [0.1, 0.15) is 58.0 Å². The minimum Gasteiger partial charge on any atom is -0.348 e. The van der Waals surface area contributed by atoms with Crippen LogP contribution in [0.3, 0.4) is 0 Å². The summed E-state index contributed by atoms with van der Waals surface area (Å²) in [6, 6.07) is 6.23. The van der Waals surface area contributed by atoms with Crippen molar-refractivity contribution in [1.82, 2.24) is 20.2 Å². The zero-order valence-corrected chi connectivity index (χ0v) is 14.4. The maximum absolute atomic E-state index is 13.0. The number of fused-ring (bicyclic) bond motifs is 1. The van der Waals surface area contributed by atoms with E-state index in [1.165, 1.54) is 12.1 Å². The summed E-state index contributed by atoms with van der Waals surface area (Å²) in [5.74, 6) is -0.532. The molecule has 1 fully saturated rings. The summed E-state index contributed by atoms with van der Waals surface area (Å²) < 4.78 is 14.8. The van der Waals surface area contributed by atoms with Gasteiger partial charge in [0.25, 0.3) is 11.8 Å². The highest BCUT2D eigenvalue weighted by Gasteiger charge is 2.30. The Morgan fingerprint density at radius 2 is 1.92 bits per heavy atom. The zero-order chi connectivity index (χ0) is 18.1. The van der Waals surface area contributed by atoms with Crippen molar-refractivity contribution in [2.45, 2.75) is 51.2 Å². The number of imidazole rings is 1. The molecule has 0 spiro atoms. The molecular formula is C19H21FN4O2. The number of carbonyl (C=O) groups excluding carboxylic acids is 2. The van der Waals surface area contributed by atoms with Gasteiger partial charge in [-0.05, 0) is 49.8 Å². The summed E-state index contributed by atoms with van der Waals surface area (Å²) in [7, 11) is 0. The molecule has 1 aliphatic carbocycles. The molecule has 1 aliphatic heterocycles. The molecule has 2 N–H and O–H groups in total. The van der Waals surface area contributed by atoms with E-state index in [1.807, 2.05) is 4.57 Å². The van der Waals surface area contributed by atoms with Gasteiger partial charge in [0.1, 0.15) is 11.5 Å². The largest absolute Gasteiger partial charge is 0.348 e. The van der Waals surface area contributed by atoms with Gasteiger partial charge in [0.2, 0.25) is 0 Å².